The van der Waals surface area contributed by atoms with Gasteiger partial charge in [-0.15, -0.1) is 24.0 Å². The Bertz CT molecular complexity index is 575. The van der Waals surface area contributed by atoms with E-state index in [2.05, 4.69) is 49.3 Å². The summed E-state index contributed by atoms with van der Waals surface area (Å²) in [6, 6.07) is 8.11. The lowest BCUT2D eigenvalue weighted by Gasteiger charge is -2.39. The lowest BCUT2D eigenvalue weighted by atomic mass is 10.0. The van der Waals surface area contributed by atoms with Crippen LogP contribution in [0.5, 0.6) is 5.75 Å². The van der Waals surface area contributed by atoms with Gasteiger partial charge < -0.3 is 20.1 Å². The van der Waals surface area contributed by atoms with Crippen molar-refractivity contribution in [3.8, 4) is 5.75 Å². The van der Waals surface area contributed by atoms with Crippen LogP contribution >= 0.6 is 24.0 Å². The van der Waals surface area contributed by atoms with Crippen LogP contribution in [0.25, 0.3) is 0 Å². The molecule has 0 saturated carbocycles. The van der Waals surface area contributed by atoms with E-state index in [0.29, 0.717) is 13.2 Å². The molecule has 0 aromatic heterocycles. The molecule has 2 rings (SSSR count). The number of aryl methyl sites for hydroxylation is 1. The molecule has 0 amide bonds. The fraction of sp³-hybridized carbons (Fsp3) is 0.650. The fourth-order valence-electron chi connectivity index (χ4n) is 2.93. The molecular formula is C20H35IN4O2. The van der Waals surface area contributed by atoms with E-state index in [4.69, 9.17) is 14.5 Å². The average molecular weight is 490 g/mol. The highest BCUT2D eigenvalue weighted by Crippen LogP contribution is 2.16. The van der Waals surface area contributed by atoms with Crippen LogP contribution in [-0.2, 0) is 4.74 Å². The largest absolute Gasteiger partial charge is 0.492 e. The van der Waals surface area contributed by atoms with Crippen LogP contribution in [0.1, 0.15) is 26.3 Å². The van der Waals surface area contributed by atoms with Gasteiger partial charge in [-0.1, -0.05) is 12.1 Å². The van der Waals surface area contributed by atoms with Crippen LogP contribution in [-0.4, -0.2) is 68.9 Å². The summed E-state index contributed by atoms with van der Waals surface area (Å²) in [5, 5.41) is 6.66. The summed E-state index contributed by atoms with van der Waals surface area (Å²) in [6.45, 7) is 15.1. The summed E-state index contributed by atoms with van der Waals surface area (Å²) in [7, 11) is 0. The van der Waals surface area contributed by atoms with Crippen molar-refractivity contribution < 1.29 is 9.47 Å². The molecule has 1 saturated heterocycles. The van der Waals surface area contributed by atoms with Gasteiger partial charge in [0.25, 0.3) is 0 Å². The first-order chi connectivity index (χ1) is 12.5. The molecule has 0 atom stereocenters. The highest BCUT2D eigenvalue weighted by Gasteiger charge is 2.28. The number of ether oxygens (including phenoxy) is 2. The molecule has 27 heavy (non-hydrogen) atoms. The van der Waals surface area contributed by atoms with E-state index < -0.39 is 0 Å². The third-order valence-electron chi connectivity index (χ3n) is 4.49. The normalized spacial score (nSPS) is 15.8. The molecule has 0 aliphatic carbocycles. The van der Waals surface area contributed by atoms with Crippen LogP contribution in [0.4, 0.5) is 0 Å². The zero-order valence-corrected chi connectivity index (χ0v) is 19.4. The van der Waals surface area contributed by atoms with Gasteiger partial charge in [-0.2, -0.15) is 0 Å². The Kier molecular flexibility index (Phi) is 11.0. The van der Waals surface area contributed by atoms with Crippen LogP contribution in [0.2, 0.25) is 0 Å². The van der Waals surface area contributed by atoms with E-state index in [-0.39, 0.29) is 29.5 Å². The Hall–Kier alpha value is -1.06. The van der Waals surface area contributed by atoms with E-state index in [9.17, 15) is 0 Å². The number of benzene rings is 1. The van der Waals surface area contributed by atoms with Gasteiger partial charge in [0.05, 0.1) is 26.3 Å². The Morgan fingerprint density at radius 2 is 2.00 bits per heavy atom. The molecule has 2 N–H and O–H groups in total. The van der Waals surface area contributed by atoms with Crippen LogP contribution in [0, 0.1) is 6.92 Å². The number of aliphatic imine (C=N–C) groups is 1. The summed E-state index contributed by atoms with van der Waals surface area (Å²) in [5.74, 6) is 1.74. The van der Waals surface area contributed by atoms with E-state index in [0.717, 1.165) is 51.1 Å². The zero-order chi connectivity index (χ0) is 18.8. The van der Waals surface area contributed by atoms with Crippen molar-refractivity contribution in [2.45, 2.75) is 33.2 Å². The third kappa shape index (κ3) is 8.66. The number of hydrogen-bond donors (Lipinski definition) is 2. The van der Waals surface area contributed by atoms with Crippen molar-refractivity contribution in [1.29, 1.82) is 0 Å². The smallest absolute Gasteiger partial charge is 0.191 e. The number of nitrogens with one attached hydrogen (secondary N) is 2. The van der Waals surface area contributed by atoms with E-state index >= 15 is 0 Å². The number of halogens is 1. The third-order valence-corrected chi connectivity index (χ3v) is 4.49. The predicted octanol–water partition coefficient (Wildman–Crippen LogP) is 2.66. The predicted molar refractivity (Wildman–Crippen MR) is 123 cm³/mol. The molecule has 0 bridgehead atoms. The van der Waals surface area contributed by atoms with Crippen molar-refractivity contribution >= 4 is 29.9 Å². The molecule has 154 valence electrons. The minimum absolute atomic E-state index is 0. The Morgan fingerprint density at radius 1 is 1.26 bits per heavy atom. The SMILES string of the molecule is CCNC(=NCC(C)(C)N1CCOCC1)NCCOc1cccc(C)c1.I. The lowest BCUT2D eigenvalue weighted by molar-refractivity contribution is -0.00683. The Morgan fingerprint density at radius 3 is 2.67 bits per heavy atom. The number of guanidine groups is 1. The van der Waals surface area contributed by atoms with Crippen molar-refractivity contribution in [2.75, 3.05) is 52.5 Å². The van der Waals surface area contributed by atoms with E-state index in [1.54, 1.807) is 0 Å². The van der Waals surface area contributed by atoms with Gasteiger partial charge in [0.1, 0.15) is 12.4 Å². The fourth-order valence-corrected chi connectivity index (χ4v) is 2.93. The molecule has 0 unspecified atom stereocenters. The van der Waals surface area contributed by atoms with Gasteiger partial charge in [-0.25, -0.2) is 0 Å². The van der Waals surface area contributed by atoms with Crippen molar-refractivity contribution in [3.63, 3.8) is 0 Å². The Balaban J connectivity index is 0.00000364. The highest BCUT2D eigenvalue weighted by atomic mass is 127. The van der Waals surface area contributed by atoms with E-state index in [1.807, 2.05) is 18.2 Å². The second kappa shape index (κ2) is 12.4. The quantitative estimate of drug-likeness (QED) is 0.254. The van der Waals surface area contributed by atoms with Gasteiger partial charge in [-0.05, 0) is 45.4 Å². The molecule has 1 aliphatic rings. The number of hydrogen-bond acceptors (Lipinski definition) is 4. The first-order valence-corrected chi connectivity index (χ1v) is 9.56. The maximum absolute atomic E-state index is 5.79. The molecular weight excluding hydrogens is 455 g/mol. The zero-order valence-electron chi connectivity index (χ0n) is 17.1. The maximum Gasteiger partial charge on any atom is 0.191 e. The van der Waals surface area contributed by atoms with Gasteiger partial charge in [-0.3, -0.25) is 9.89 Å². The topological polar surface area (TPSA) is 58.1 Å². The average Bonchev–Trinajstić information content (AvgIpc) is 2.64. The summed E-state index contributed by atoms with van der Waals surface area (Å²) in [4.78, 5) is 7.22. The first kappa shape index (κ1) is 24.0. The van der Waals surface area contributed by atoms with Gasteiger partial charge in [0, 0.05) is 25.2 Å². The maximum atomic E-state index is 5.79. The standard InChI is InChI=1S/C20H34N4O2.HI/c1-5-21-19(22-9-12-26-18-8-6-7-17(2)15-18)23-16-20(3,4)24-10-13-25-14-11-24;/h6-8,15H,5,9-14,16H2,1-4H3,(H2,21,22,23);1H. The molecule has 1 aromatic rings. The van der Waals surface area contributed by atoms with Crippen LogP contribution in [0.3, 0.4) is 0 Å². The van der Waals surface area contributed by atoms with Crippen LogP contribution in [0.15, 0.2) is 29.3 Å². The molecule has 0 spiro atoms. The lowest BCUT2D eigenvalue weighted by Crippen LogP contribution is -2.52. The summed E-state index contributed by atoms with van der Waals surface area (Å²) < 4.78 is 11.2. The highest BCUT2D eigenvalue weighted by molar-refractivity contribution is 14.0. The van der Waals surface area contributed by atoms with Crippen molar-refractivity contribution in [3.05, 3.63) is 29.8 Å². The molecule has 1 fully saturated rings. The number of nitrogens with zero attached hydrogens (tertiary/aromatic N) is 2. The minimum Gasteiger partial charge on any atom is -0.492 e. The number of rotatable bonds is 8. The van der Waals surface area contributed by atoms with Crippen molar-refractivity contribution in [2.24, 2.45) is 4.99 Å². The van der Waals surface area contributed by atoms with E-state index in [1.165, 1.54) is 5.56 Å². The monoisotopic (exact) mass is 490 g/mol. The van der Waals surface area contributed by atoms with Gasteiger partial charge >= 0.3 is 0 Å². The molecule has 7 heteroatoms. The summed E-state index contributed by atoms with van der Waals surface area (Å²) >= 11 is 0. The summed E-state index contributed by atoms with van der Waals surface area (Å²) in [6.07, 6.45) is 0. The molecule has 0 radical (unpaired) electrons. The molecule has 1 aromatic carbocycles. The molecule has 1 aliphatic heterocycles. The second-order valence-corrected chi connectivity index (χ2v) is 7.20. The first-order valence-electron chi connectivity index (χ1n) is 9.56. The van der Waals surface area contributed by atoms with Crippen molar-refractivity contribution in [1.82, 2.24) is 15.5 Å². The molecule has 1 heterocycles. The van der Waals surface area contributed by atoms with Gasteiger partial charge in [0.15, 0.2) is 5.96 Å². The molecule has 6 nitrogen and oxygen atoms in total. The minimum atomic E-state index is 0. The van der Waals surface area contributed by atoms with Crippen LogP contribution < -0.4 is 15.4 Å². The van der Waals surface area contributed by atoms with Gasteiger partial charge in [0.2, 0.25) is 0 Å². The number of morpholine rings is 1. The Labute approximate surface area is 181 Å². The second-order valence-electron chi connectivity index (χ2n) is 7.20. The summed E-state index contributed by atoms with van der Waals surface area (Å²) in [5.41, 5.74) is 1.22.